The van der Waals surface area contributed by atoms with Crippen molar-refractivity contribution in [3.63, 3.8) is 0 Å². The first-order valence-corrected chi connectivity index (χ1v) is 8.37. The number of hydrogen-bond acceptors (Lipinski definition) is 5. The third kappa shape index (κ3) is 4.72. The first-order chi connectivity index (χ1) is 12.3. The molecule has 1 fully saturated rings. The van der Waals surface area contributed by atoms with Gasteiger partial charge in [-0.3, -0.25) is 19.9 Å². The number of amides is 1. The van der Waals surface area contributed by atoms with Crippen molar-refractivity contribution < 1.29 is 18.4 Å². The molecule has 1 aromatic rings. The molecule has 0 saturated carbocycles. The smallest absolute Gasteiger partial charge is 0.274 e. The Kier molecular flexibility index (Phi) is 6.57. The van der Waals surface area contributed by atoms with Gasteiger partial charge in [0.2, 0.25) is 0 Å². The van der Waals surface area contributed by atoms with Crippen LogP contribution in [0, 0.1) is 11.2 Å². The molecule has 1 aromatic carbocycles. The van der Waals surface area contributed by atoms with Crippen LogP contribution in [0.15, 0.2) is 35.8 Å². The van der Waals surface area contributed by atoms with Gasteiger partial charge in [0.05, 0.1) is 6.54 Å². The zero-order chi connectivity index (χ0) is 19.3. The number of rotatable bonds is 6. The summed E-state index contributed by atoms with van der Waals surface area (Å²) in [7, 11) is 0. The largest absolute Gasteiger partial charge is 0.400 e. The maximum Gasteiger partial charge on any atom is 0.274 e. The molecule has 8 heteroatoms. The molecule has 3 N–H and O–H groups in total. The molecule has 1 aliphatic rings. The lowest BCUT2D eigenvalue weighted by Crippen LogP contribution is -2.51. The number of carbonyl (C=O) groups is 2. The van der Waals surface area contributed by atoms with E-state index in [0.717, 1.165) is 0 Å². The Bertz CT molecular complexity index is 723. The van der Waals surface area contributed by atoms with Gasteiger partial charge < -0.3 is 10.6 Å². The molecular weight excluding hydrogens is 342 g/mol. The second-order valence-corrected chi connectivity index (χ2v) is 6.07. The van der Waals surface area contributed by atoms with Gasteiger partial charge in [0.15, 0.2) is 17.3 Å². The summed E-state index contributed by atoms with van der Waals surface area (Å²) >= 11 is 0. The molecule has 0 bridgehead atoms. The Hall–Kier alpha value is -2.61. The number of hydrogen-bond donors (Lipinski definition) is 2. The average Bonchev–Trinajstić information content (AvgIpc) is 2.66. The van der Waals surface area contributed by atoms with Gasteiger partial charge in [-0.2, -0.15) is 0 Å². The van der Waals surface area contributed by atoms with Gasteiger partial charge in [-0.15, -0.1) is 0 Å². The van der Waals surface area contributed by atoms with E-state index in [4.69, 9.17) is 11.1 Å². The minimum Gasteiger partial charge on any atom is -0.400 e. The summed E-state index contributed by atoms with van der Waals surface area (Å²) in [6.45, 7) is 3.24. The minimum atomic E-state index is -0.980. The standard InChI is InChI=1S/C18H22F2N4O2/c1-2-14(21)16(20)17(22)18(26)24-9-7-23(8-10-24)11-15(25)12-3-5-13(19)6-4-12/h3-6,22H,2,7-11,21H2,1H3/b16-14+,22-17?. The van der Waals surface area contributed by atoms with E-state index in [1.807, 2.05) is 4.90 Å². The van der Waals surface area contributed by atoms with E-state index in [1.54, 1.807) is 6.92 Å². The van der Waals surface area contributed by atoms with E-state index in [2.05, 4.69) is 0 Å². The van der Waals surface area contributed by atoms with Crippen LogP contribution in [0.1, 0.15) is 23.7 Å². The Labute approximate surface area is 150 Å². The van der Waals surface area contributed by atoms with Crippen molar-refractivity contribution in [2.45, 2.75) is 13.3 Å². The fourth-order valence-corrected chi connectivity index (χ4v) is 2.61. The van der Waals surface area contributed by atoms with Crippen LogP contribution < -0.4 is 5.73 Å². The summed E-state index contributed by atoms with van der Waals surface area (Å²) in [6.07, 6.45) is 0.223. The van der Waals surface area contributed by atoms with Crippen LogP contribution in [-0.4, -0.2) is 59.9 Å². The van der Waals surface area contributed by atoms with Crippen LogP contribution in [0.4, 0.5) is 8.78 Å². The van der Waals surface area contributed by atoms with Gasteiger partial charge in [-0.05, 0) is 30.7 Å². The molecule has 0 aliphatic carbocycles. The molecule has 0 radical (unpaired) electrons. The molecule has 0 unspecified atom stereocenters. The van der Waals surface area contributed by atoms with Crippen LogP contribution in [-0.2, 0) is 4.79 Å². The van der Waals surface area contributed by atoms with Gasteiger partial charge in [0, 0.05) is 37.4 Å². The fourth-order valence-electron chi connectivity index (χ4n) is 2.61. The van der Waals surface area contributed by atoms with Gasteiger partial charge in [-0.1, -0.05) is 6.92 Å². The zero-order valence-electron chi connectivity index (χ0n) is 14.6. The van der Waals surface area contributed by atoms with Gasteiger partial charge >= 0.3 is 0 Å². The number of carbonyl (C=O) groups excluding carboxylic acids is 2. The number of nitrogens with one attached hydrogen (secondary N) is 1. The van der Waals surface area contributed by atoms with Crippen molar-refractivity contribution in [1.82, 2.24) is 9.80 Å². The highest BCUT2D eigenvalue weighted by Gasteiger charge is 2.27. The number of piperazine rings is 1. The number of halogens is 2. The number of nitrogens with zero attached hydrogens (tertiary/aromatic N) is 2. The van der Waals surface area contributed by atoms with Crippen molar-refractivity contribution in [3.8, 4) is 0 Å². The van der Waals surface area contributed by atoms with Gasteiger partial charge in [-0.25, -0.2) is 8.78 Å². The summed E-state index contributed by atoms with van der Waals surface area (Å²) in [6, 6.07) is 5.34. The summed E-state index contributed by atoms with van der Waals surface area (Å²) in [4.78, 5) is 27.6. The van der Waals surface area contributed by atoms with Crippen molar-refractivity contribution in [1.29, 1.82) is 5.41 Å². The molecule has 1 amide bonds. The second kappa shape index (κ2) is 8.66. The molecule has 1 saturated heterocycles. The molecule has 1 heterocycles. The average molecular weight is 364 g/mol. The Morgan fingerprint density at radius 3 is 2.27 bits per heavy atom. The fraction of sp³-hybridized carbons (Fsp3) is 0.389. The summed E-state index contributed by atoms with van der Waals surface area (Å²) in [5.74, 6) is -2.22. The topological polar surface area (TPSA) is 90.5 Å². The highest BCUT2D eigenvalue weighted by molar-refractivity contribution is 6.43. The van der Waals surface area contributed by atoms with E-state index in [9.17, 15) is 18.4 Å². The maximum absolute atomic E-state index is 13.9. The molecule has 0 spiro atoms. The molecule has 6 nitrogen and oxygen atoms in total. The van der Waals surface area contributed by atoms with E-state index < -0.39 is 23.3 Å². The summed E-state index contributed by atoms with van der Waals surface area (Å²) in [5, 5.41) is 7.66. The van der Waals surface area contributed by atoms with E-state index in [1.165, 1.54) is 29.2 Å². The lowest BCUT2D eigenvalue weighted by atomic mass is 10.1. The molecule has 140 valence electrons. The second-order valence-electron chi connectivity index (χ2n) is 6.07. The molecule has 26 heavy (non-hydrogen) atoms. The maximum atomic E-state index is 13.9. The van der Waals surface area contributed by atoms with Crippen LogP contribution in [0.3, 0.4) is 0 Å². The predicted octanol–water partition coefficient (Wildman–Crippen LogP) is 1.72. The van der Waals surface area contributed by atoms with E-state index >= 15 is 0 Å². The zero-order valence-corrected chi connectivity index (χ0v) is 14.6. The van der Waals surface area contributed by atoms with Crippen molar-refractivity contribution in [2.24, 2.45) is 5.73 Å². The number of benzene rings is 1. The lowest BCUT2D eigenvalue weighted by molar-refractivity contribution is -0.125. The highest BCUT2D eigenvalue weighted by Crippen LogP contribution is 2.11. The number of ketones is 1. The Morgan fingerprint density at radius 2 is 1.73 bits per heavy atom. The SMILES string of the molecule is CC/C(N)=C(\F)C(=N)C(=O)N1CCN(CC(=O)c2ccc(F)cc2)CC1. The normalized spacial score (nSPS) is 16.2. The van der Waals surface area contributed by atoms with Crippen LogP contribution in [0.2, 0.25) is 0 Å². The first kappa shape index (κ1) is 19.7. The molecule has 2 rings (SSSR count). The van der Waals surface area contributed by atoms with E-state index in [-0.39, 0.29) is 37.5 Å². The number of nitrogens with two attached hydrogens (primary N) is 1. The molecular formula is C18H22F2N4O2. The quantitative estimate of drug-likeness (QED) is 0.594. The summed E-state index contributed by atoms with van der Waals surface area (Å²) in [5.41, 5.74) is 5.02. The monoisotopic (exact) mass is 364 g/mol. The highest BCUT2D eigenvalue weighted by atomic mass is 19.1. The van der Waals surface area contributed by atoms with Crippen LogP contribution in [0.25, 0.3) is 0 Å². The number of Topliss-reactive ketones (excluding diaryl/α,β-unsaturated/α-hetero) is 1. The van der Waals surface area contributed by atoms with E-state index in [0.29, 0.717) is 18.7 Å². The summed E-state index contributed by atoms with van der Waals surface area (Å²) < 4.78 is 26.8. The Balaban J connectivity index is 1.88. The Morgan fingerprint density at radius 1 is 1.15 bits per heavy atom. The lowest BCUT2D eigenvalue weighted by Gasteiger charge is -2.34. The van der Waals surface area contributed by atoms with Gasteiger partial charge in [0.1, 0.15) is 5.82 Å². The number of allylic oxidation sites excluding steroid dienone is 1. The molecule has 0 atom stereocenters. The third-order valence-electron chi connectivity index (χ3n) is 4.29. The van der Waals surface area contributed by atoms with Crippen LogP contribution in [0.5, 0.6) is 0 Å². The predicted molar refractivity (Wildman–Crippen MR) is 94.1 cm³/mol. The van der Waals surface area contributed by atoms with Crippen LogP contribution >= 0.6 is 0 Å². The first-order valence-electron chi connectivity index (χ1n) is 8.37. The minimum absolute atomic E-state index is 0.119. The molecule has 0 aromatic heterocycles. The molecule has 1 aliphatic heterocycles. The van der Waals surface area contributed by atoms with Crippen molar-refractivity contribution >= 4 is 17.4 Å². The van der Waals surface area contributed by atoms with Gasteiger partial charge in [0.25, 0.3) is 5.91 Å². The third-order valence-corrected chi connectivity index (χ3v) is 4.29. The van der Waals surface area contributed by atoms with Crippen molar-refractivity contribution in [2.75, 3.05) is 32.7 Å². The van der Waals surface area contributed by atoms with Crippen molar-refractivity contribution in [3.05, 3.63) is 47.2 Å².